The van der Waals surface area contributed by atoms with Crippen LogP contribution in [-0.4, -0.2) is 21.9 Å². The molecule has 0 atom stereocenters. The first-order chi connectivity index (χ1) is 10.1. The van der Waals surface area contributed by atoms with E-state index in [4.69, 9.17) is 11.1 Å². The number of nitro groups is 1. The van der Waals surface area contributed by atoms with Crippen LogP contribution in [0, 0.1) is 21.4 Å². The van der Waals surface area contributed by atoms with Gasteiger partial charge in [0, 0.05) is 7.05 Å². The number of hydrazine groups is 1. The molecule has 0 saturated heterocycles. The van der Waals surface area contributed by atoms with Crippen LogP contribution in [0.3, 0.4) is 0 Å². The van der Waals surface area contributed by atoms with Crippen molar-refractivity contribution in [2.45, 2.75) is 0 Å². The maximum atomic E-state index is 11.1. The van der Waals surface area contributed by atoms with Crippen molar-refractivity contribution in [3.05, 3.63) is 46.1 Å². The first kappa shape index (κ1) is 14.2. The molecule has 0 fully saturated rings. The summed E-state index contributed by atoms with van der Waals surface area (Å²) in [6.45, 7) is 0. The molecule has 9 nitrogen and oxygen atoms in total. The lowest BCUT2D eigenvalue weighted by molar-refractivity contribution is -0.384. The fourth-order valence-corrected chi connectivity index (χ4v) is 1.79. The van der Waals surface area contributed by atoms with Gasteiger partial charge in [-0.25, -0.2) is 10.8 Å². The number of para-hydroxylation sites is 1. The molecule has 9 heteroatoms. The number of rotatable bonds is 4. The maximum absolute atomic E-state index is 11.1. The van der Waals surface area contributed by atoms with Crippen LogP contribution < -0.4 is 16.2 Å². The molecule has 0 amide bonds. The van der Waals surface area contributed by atoms with Crippen LogP contribution in [0.2, 0.25) is 0 Å². The first-order valence-electron chi connectivity index (χ1n) is 5.79. The number of nitrogens with zero attached hydrogens (tertiary/aromatic N) is 5. The van der Waals surface area contributed by atoms with E-state index in [9.17, 15) is 10.1 Å². The second-order valence-electron chi connectivity index (χ2n) is 3.99. The molecular weight excluding hydrogens is 274 g/mol. The van der Waals surface area contributed by atoms with Crippen LogP contribution in [0.1, 0.15) is 5.56 Å². The number of hydrogen-bond acceptors (Lipinski definition) is 8. The number of nitrogens with two attached hydrogens (primary N) is 1. The molecule has 3 N–H and O–H groups in total. The second-order valence-corrected chi connectivity index (χ2v) is 3.99. The lowest BCUT2D eigenvalue weighted by Gasteiger charge is -2.19. The van der Waals surface area contributed by atoms with Crippen molar-refractivity contribution in [1.29, 1.82) is 5.26 Å². The summed E-state index contributed by atoms with van der Waals surface area (Å²) < 4.78 is 0. The SMILES string of the molecule is CN(c1ccccc1C#N)c1nc(NN)ncc1[N+](=O)[O-]. The Morgan fingerprint density at radius 2 is 2.19 bits per heavy atom. The molecule has 1 aromatic carbocycles. The van der Waals surface area contributed by atoms with Crippen LogP contribution >= 0.6 is 0 Å². The number of benzene rings is 1. The van der Waals surface area contributed by atoms with Crippen LogP contribution in [-0.2, 0) is 0 Å². The van der Waals surface area contributed by atoms with Gasteiger partial charge in [0.25, 0.3) is 0 Å². The van der Waals surface area contributed by atoms with E-state index >= 15 is 0 Å². The number of aromatic nitrogens is 2. The highest BCUT2D eigenvalue weighted by molar-refractivity contribution is 5.72. The van der Waals surface area contributed by atoms with Gasteiger partial charge in [0.1, 0.15) is 12.3 Å². The summed E-state index contributed by atoms with van der Waals surface area (Å²) in [5.74, 6) is 5.30. The Morgan fingerprint density at radius 1 is 1.48 bits per heavy atom. The Bertz CT molecular complexity index is 726. The van der Waals surface area contributed by atoms with Gasteiger partial charge in [0.15, 0.2) is 0 Å². The Hall–Kier alpha value is -3.25. The lowest BCUT2D eigenvalue weighted by Crippen LogP contribution is -2.18. The average molecular weight is 285 g/mol. The highest BCUT2D eigenvalue weighted by Gasteiger charge is 2.22. The third-order valence-corrected chi connectivity index (χ3v) is 2.78. The third-order valence-electron chi connectivity index (χ3n) is 2.78. The minimum atomic E-state index is -0.596. The van der Waals surface area contributed by atoms with Gasteiger partial charge in [0.05, 0.1) is 16.2 Å². The van der Waals surface area contributed by atoms with E-state index in [1.807, 2.05) is 6.07 Å². The molecular formula is C12H11N7O2. The van der Waals surface area contributed by atoms with Gasteiger partial charge in [0.2, 0.25) is 11.8 Å². The van der Waals surface area contributed by atoms with E-state index in [-0.39, 0.29) is 17.5 Å². The van der Waals surface area contributed by atoms with Crippen molar-refractivity contribution in [1.82, 2.24) is 9.97 Å². The van der Waals surface area contributed by atoms with Crippen LogP contribution in [0.5, 0.6) is 0 Å². The Morgan fingerprint density at radius 3 is 2.81 bits per heavy atom. The monoisotopic (exact) mass is 285 g/mol. The Kier molecular flexibility index (Phi) is 3.92. The molecule has 21 heavy (non-hydrogen) atoms. The van der Waals surface area contributed by atoms with Gasteiger partial charge in [-0.05, 0) is 12.1 Å². The second kappa shape index (κ2) is 5.81. The van der Waals surface area contributed by atoms with Crippen molar-refractivity contribution < 1.29 is 4.92 Å². The van der Waals surface area contributed by atoms with Gasteiger partial charge >= 0.3 is 5.69 Å². The predicted molar refractivity (Wildman–Crippen MR) is 75.7 cm³/mol. The number of anilines is 3. The average Bonchev–Trinajstić information content (AvgIpc) is 2.53. The number of nitrogen functional groups attached to an aromatic ring is 1. The summed E-state index contributed by atoms with van der Waals surface area (Å²) in [5, 5.41) is 20.2. The zero-order valence-electron chi connectivity index (χ0n) is 11.0. The van der Waals surface area contributed by atoms with E-state index in [1.54, 1.807) is 31.3 Å². The normalized spacial score (nSPS) is 9.76. The molecule has 0 unspecified atom stereocenters. The quantitative estimate of drug-likeness (QED) is 0.487. The number of hydrogen-bond donors (Lipinski definition) is 2. The molecule has 2 rings (SSSR count). The topological polar surface area (TPSA) is 134 Å². The van der Waals surface area contributed by atoms with Gasteiger partial charge < -0.3 is 4.90 Å². The molecule has 106 valence electrons. The zero-order chi connectivity index (χ0) is 15.4. The minimum Gasteiger partial charge on any atom is -0.322 e. The van der Waals surface area contributed by atoms with E-state index in [2.05, 4.69) is 15.4 Å². The Balaban J connectivity index is 2.59. The van der Waals surface area contributed by atoms with Gasteiger partial charge in [-0.3, -0.25) is 15.5 Å². The molecule has 2 aromatic rings. The molecule has 0 aliphatic heterocycles. The minimum absolute atomic E-state index is 0.0330. The van der Waals surface area contributed by atoms with Crippen molar-refractivity contribution in [2.75, 3.05) is 17.4 Å². The van der Waals surface area contributed by atoms with Crippen LogP contribution in [0.25, 0.3) is 0 Å². The molecule has 0 aliphatic carbocycles. The zero-order valence-corrected chi connectivity index (χ0v) is 11.0. The lowest BCUT2D eigenvalue weighted by atomic mass is 10.2. The standard InChI is InChI=1S/C12H11N7O2/c1-18(9-5-3-2-4-8(9)6-13)11-10(19(20)21)7-15-12(16-11)17-14/h2-5,7H,14H2,1H3,(H,15,16,17). The van der Waals surface area contributed by atoms with Crippen LogP contribution in [0.4, 0.5) is 23.1 Å². The number of nitrogens with one attached hydrogen (secondary N) is 1. The molecule has 1 aromatic heterocycles. The van der Waals surface area contributed by atoms with Gasteiger partial charge in [-0.15, -0.1) is 0 Å². The van der Waals surface area contributed by atoms with E-state index in [0.717, 1.165) is 6.20 Å². The van der Waals surface area contributed by atoms with Gasteiger partial charge in [-0.1, -0.05) is 12.1 Å². The third kappa shape index (κ3) is 2.70. The summed E-state index contributed by atoms with van der Waals surface area (Å²) in [6.07, 6.45) is 1.06. The molecule has 0 aliphatic rings. The fraction of sp³-hybridized carbons (Fsp3) is 0.0833. The van der Waals surface area contributed by atoms with E-state index in [1.165, 1.54) is 4.90 Å². The Labute approximate surface area is 119 Å². The van der Waals surface area contributed by atoms with Crippen molar-refractivity contribution >= 4 is 23.1 Å². The smallest absolute Gasteiger partial charge is 0.322 e. The van der Waals surface area contributed by atoms with E-state index in [0.29, 0.717) is 11.3 Å². The summed E-state index contributed by atoms with van der Waals surface area (Å²) in [5.41, 5.74) is 2.81. The highest BCUT2D eigenvalue weighted by Crippen LogP contribution is 2.32. The van der Waals surface area contributed by atoms with Crippen molar-refractivity contribution in [3.8, 4) is 6.07 Å². The molecule has 0 bridgehead atoms. The largest absolute Gasteiger partial charge is 0.330 e. The van der Waals surface area contributed by atoms with Crippen molar-refractivity contribution in [3.63, 3.8) is 0 Å². The molecule has 1 heterocycles. The van der Waals surface area contributed by atoms with Crippen molar-refractivity contribution in [2.24, 2.45) is 5.84 Å². The highest BCUT2D eigenvalue weighted by atomic mass is 16.6. The first-order valence-corrected chi connectivity index (χ1v) is 5.79. The predicted octanol–water partition coefficient (Wildman–Crippen LogP) is 1.31. The fourth-order valence-electron chi connectivity index (χ4n) is 1.79. The number of nitriles is 1. The van der Waals surface area contributed by atoms with E-state index < -0.39 is 4.92 Å². The maximum Gasteiger partial charge on any atom is 0.330 e. The molecule has 0 radical (unpaired) electrons. The summed E-state index contributed by atoms with van der Waals surface area (Å²) in [6, 6.07) is 8.74. The summed E-state index contributed by atoms with van der Waals surface area (Å²) >= 11 is 0. The van der Waals surface area contributed by atoms with Gasteiger partial charge in [-0.2, -0.15) is 10.2 Å². The molecule has 0 saturated carbocycles. The van der Waals surface area contributed by atoms with Crippen LogP contribution in [0.15, 0.2) is 30.5 Å². The summed E-state index contributed by atoms with van der Waals surface area (Å²) in [7, 11) is 1.58. The summed E-state index contributed by atoms with van der Waals surface area (Å²) in [4.78, 5) is 19.7. The molecule has 0 spiro atoms.